The second-order valence-corrected chi connectivity index (χ2v) is 6.44. The van der Waals surface area contributed by atoms with Gasteiger partial charge in [0.2, 0.25) is 0 Å². The molecule has 1 atom stereocenters. The van der Waals surface area contributed by atoms with Gasteiger partial charge in [-0.3, -0.25) is 0 Å². The van der Waals surface area contributed by atoms with Gasteiger partial charge in [-0.1, -0.05) is 46.9 Å². The highest BCUT2D eigenvalue weighted by Crippen LogP contribution is 2.38. The zero-order valence-corrected chi connectivity index (χ0v) is 13.0. The van der Waals surface area contributed by atoms with Gasteiger partial charge >= 0.3 is 0 Å². The fraction of sp³-hybridized carbons (Fsp3) is 0.231. The largest absolute Gasteiger partial charge is 0.309 e. The number of benzene rings is 1. The molecule has 5 heteroatoms. The van der Waals surface area contributed by atoms with Crippen LogP contribution in [0.1, 0.15) is 22.0 Å². The molecule has 0 fully saturated rings. The second-order valence-electron chi connectivity index (χ2n) is 3.97. The van der Waals surface area contributed by atoms with E-state index in [1.807, 2.05) is 26.1 Å². The molecule has 0 aliphatic rings. The van der Waals surface area contributed by atoms with Crippen LogP contribution in [0.5, 0.6) is 0 Å². The lowest BCUT2D eigenvalue weighted by molar-refractivity contribution is 0.704. The van der Waals surface area contributed by atoms with E-state index in [2.05, 4.69) is 11.4 Å². The van der Waals surface area contributed by atoms with Crippen LogP contribution in [0.3, 0.4) is 0 Å². The van der Waals surface area contributed by atoms with Crippen molar-refractivity contribution < 1.29 is 0 Å². The van der Waals surface area contributed by atoms with E-state index in [1.165, 1.54) is 0 Å². The average Bonchev–Trinajstić information content (AvgIpc) is 2.66. The molecule has 2 aromatic rings. The lowest BCUT2D eigenvalue weighted by Gasteiger charge is -2.17. The van der Waals surface area contributed by atoms with Crippen molar-refractivity contribution in [1.29, 1.82) is 0 Å². The van der Waals surface area contributed by atoms with Gasteiger partial charge in [0.1, 0.15) is 0 Å². The van der Waals surface area contributed by atoms with Crippen molar-refractivity contribution >= 4 is 46.1 Å². The second kappa shape index (κ2) is 5.81. The lowest BCUT2D eigenvalue weighted by atomic mass is 10.1. The van der Waals surface area contributed by atoms with Crippen molar-refractivity contribution in [2.75, 3.05) is 7.05 Å². The minimum Gasteiger partial charge on any atom is -0.309 e. The van der Waals surface area contributed by atoms with Crippen LogP contribution < -0.4 is 5.32 Å². The third kappa shape index (κ3) is 2.68. The highest BCUT2D eigenvalue weighted by atomic mass is 35.5. The molecule has 0 aliphatic heterocycles. The number of hydrogen-bond acceptors (Lipinski definition) is 2. The van der Waals surface area contributed by atoms with Gasteiger partial charge in [0.15, 0.2) is 0 Å². The summed E-state index contributed by atoms with van der Waals surface area (Å²) in [5.41, 5.74) is 2.04. The molecule has 0 aliphatic carbocycles. The molecule has 1 nitrogen and oxygen atoms in total. The Morgan fingerprint density at radius 1 is 1.22 bits per heavy atom. The summed E-state index contributed by atoms with van der Waals surface area (Å²) < 4.78 is 0.809. The first kappa shape index (κ1) is 14.2. The normalized spacial score (nSPS) is 12.7. The molecule has 1 unspecified atom stereocenters. The molecule has 1 aromatic heterocycles. The topological polar surface area (TPSA) is 12.0 Å². The van der Waals surface area contributed by atoms with Crippen molar-refractivity contribution in [3.8, 4) is 0 Å². The Hall–Kier alpha value is -0.250. The molecule has 1 N–H and O–H groups in total. The van der Waals surface area contributed by atoms with E-state index in [0.29, 0.717) is 10.0 Å². The fourth-order valence-electron chi connectivity index (χ4n) is 1.82. The standard InChI is InChI=1S/C13H12Cl3NS/c1-7-6-10(18-13(7)16)12(17-2)8-4-3-5-9(14)11(8)15/h3-6,12,17H,1-2H3. The summed E-state index contributed by atoms with van der Waals surface area (Å²) in [6, 6.07) is 7.74. The first-order valence-electron chi connectivity index (χ1n) is 5.41. The summed E-state index contributed by atoms with van der Waals surface area (Å²) in [4.78, 5) is 1.13. The maximum Gasteiger partial charge on any atom is 0.0961 e. The van der Waals surface area contributed by atoms with E-state index in [1.54, 1.807) is 17.4 Å². The summed E-state index contributed by atoms with van der Waals surface area (Å²) in [7, 11) is 1.89. The van der Waals surface area contributed by atoms with Gasteiger partial charge in [-0.2, -0.15) is 0 Å². The van der Waals surface area contributed by atoms with E-state index in [0.717, 1.165) is 20.3 Å². The van der Waals surface area contributed by atoms with Gasteiger partial charge in [-0.25, -0.2) is 0 Å². The van der Waals surface area contributed by atoms with Crippen molar-refractivity contribution in [3.63, 3.8) is 0 Å². The Balaban J connectivity index is 2.48. The monoisotopic (exact) mass is 319 g/mol. The van der Waals surface area contributed by atoms with Crippen LogP contribution in [-0.2, 0) is 0 Å². The third-order valence-electron chi connectivity index (χ3n) is 2.74. The lowest BCUT2D eigenvalue weighted by Crippen LogP contribution is -2.16. The van der Waals surface area contributed by atoms with Crippen molar-refractivity contribution in [1.82, 2.24) is 5.32 Å². The van der Waals surface area contributed by atoms with E-state index >= 15 is 0 Å². The van der Waals surface area contributed by atoms with Gasteiger partial charge in [-0.05, 0) is 37.2 Å². The Labute approximate surface area is 126 Å². The summed E-state index contributed by atoms with van der Waals surface area (Å²) >= 11 is 20.0. The third-order valence-corrected chi connectivity index (χ3v) is 5.20. The molecule has 0 bridgehead atoms. The Morgan fingerprint density at radius 3 is 2.50 bits per heavy atom. The Morgan fingerprint density at radius 2 is 1.94 bits per heavy atom. The number of thiophene rings is 1. The molecule has 2 rings (SSSR count). The van der Waals surface area contributed by atoms with Crippen LogP contribution >= 0.6 is 46.1 Å². The molecule has 0 saturated heterocycles. The zero-order valence-electron chi connectivity index (χ0n) is 9.93. The number of halogens is 3. The SMILES string of the molecule is CNC(c1cc(C)c(Cl)s1)c1cccc(Cl)c1Cl. The Kier molecular flexibility index (Phi) is 4.57. The van der Waals surface area contributed by atoms with E-state index in [4.69, 9.17) is 34.8 Å². The van der Waals surface area contributed by atoms with Gasteiger partial charge in [-0.15, -0.1) is 11.3 Å². The first-order chi connectivity index (χ1) is 8.54. The maximum atomic E-state index is 6.26. The van der Waals surface area contributed by atoms with Crippen LogP contribution in [0, 0.1) is 6.92 Å². The van der Waals surface area contributed by atoms with E-state index in [-0.39, 0.29) is 6.04 Å². The minimum atomic E-state index is 0.00685. The highest BCUT2D eigenvalue weighted by Gasteiger charge is 2.19. The molecule has 1 heterocycles. The van der Waals surface area contributed by atoms with E-state index in [9.17, 15) is 0 Å². The molecular weight excluding hydrogens is 309 g/mol. The van der Waals surface area contributed by atoms with Crippen molar-refractivity contribution in [2.24, 2.45) is 0 Å². The molecule has 0 radical (unpaired) electrons. The van der Waals surface area contributed by atoms with E-state index < -0.39 is 0 Å². The molecule has 18 heavy (non-hydrogen) atoms. The zero-order chi connectivity index (χ0) is 13.3. The number of rotatable bonds is 3. The average molecular weight is 321 g/mol. The summed E-state index contributed by atoms with van der Waals surface area (Å²) in [6.45, 7) is 1.99. The van der Waals surface area contributed by atoms with Gasteiger partial charge in [0.25, 0.3) is 0 Å². The fourth-order valence-corrected chi connectivity index (χ4v) is 3.58. The quantitative estimate of drug-likeness (QED) is 0.806. The predicted molar refractivity (Wildman–Crippen MR) is 81.4 cm³/mol. The molecule has 96 valence electrons. The smallest absolute Gasteiger partial charge is 0.0961 e. The van der Waals surface area contributed by atoms with Crippen LogP contribution in [0.2, 0.25) is 14.4 Å². The molecule has 0 amide bonds. The van der Waals surface area contributed by atoms with Gasteiger partial charge in [0, 0.05) is 4.88 Å². The first-order valence-corrected chi connectivity index (χ1v) is 7.36. The maximum absolute atomic E-state index is 6.26. The molecule has 0 saturated carbocycles. The summed E-state index contributed by atoms with van der Waals surface area (Å²) in [6.07, 6.45) is 0. The van der Waals surface area contributed by atoms with Crippen LogP contribution in [0.15, 0.2) is 24.3 Å². The molecule has 0 spiro atoms. The number of aryl methyl sites for hydroxylation is 1. The number of nitrogens with one attached hydrogen (secondary N) is 1. The highest BCUT2D eigenvalue weighted by molar-refractivity contribution is 7.16. The summed E-state index contributed by atoms with van der Waals surface area (Å²) in [5.74, 6) is 0. The minimum absolute atomic E-state index is 0.00685. The van der Waals surface area contributed by atoms with Gasteiger partial charge in [0.05, 0.1) is 20.4 Å². The van der Waals surface area contributed by atoms with Crippen LogP contribution in [0.25, 0.3) is 0 Å². The molecular formula is C13H12Cl3NS. The predicted octanol–water partition coefficient (Wildman–Crippen LogP) is 5.33. The van der Waals surface area contributed by atoms with Crippen LogP contribution in [-0.4, -0.2) is 7.05 Å². The van der Waals surface area contributed by atoms with Crippen molar-refractivity contribution in [3.05, 3.63) is 54.7 Å². The molecule has 1 aromatic carbocycles. The number of hydrogen-bond donors (Lipinski definition) is 1. The van der Waals surface area contributed by atoms with Crippen LogP contribution in [0.4, 0.5) is 0 Å². The van der Waals surface area contributed by atoms with Crippen molar-refractivity contribution in [2.45, 2.75) is 13.0 Å². The Bertz CT molecular complexity index is 546. The summed E-state index contributed by atoms with van der Waals surface area (Å²) in [5, 5.41) is 4.40. The van der Waals surface area contributed by atoms with Gasteiger partial charge < -0.3 is 5.32 Å².